The van der Waals surface area contributed by atoms with Gasteiger partial charge in [-0.15, -0.1) is 5.10 Å². The lowest BCUT2D eigenvalue weighted by atomic mass is 10.0. The molecule has 0 aliphatic rings. The van der Waals surface area contributed by atoms with E-state index < -0.39 is 0 Å². The standard InChI is InChI=1S/C11H12ClN3S/c1-2-13-11(10-7-16-15-14-10)8-4-3-5-9(12)6-8/h3-7,11,13H,2H2,1H3. The van der Waals surface area contributed by atoms with Gasteiger partial charge in [-0.1, -0.05) is 35.1 Å². The fourth-order valence-corrected chi connectivity index (χ4v) is 2.26. The Morgan fingerprint density at radius 1 is 1.50 bits per heavy atom. The molecule has 1 unspecified atom stereocenters. The minimum atomic E-state index is 0.0717. The molecule has 0 saturated heterocycles. The van der Waals surface area contributed by atoms with Crippen molar-refractivity contribution >= 4 is 23.1 Å². The van der Waals surface area contributed by atoms with Gasteiger partial charge in [0.05, 0.1) is 11.7 Å². The third kappa shape index (κ3) is 2.58. The van der Waals surface area contributed by atoms with Gasteiger partial charge in [0.2, 0.25) is 0 Å². The Morgan fingerprint density at radius 2 is 2.38 bits per heavy atom. The molecule has 0 aliphatic carbocycles. The van der Waals surface area contributed by atoms with Crippen LogP contribution in [0.15, 0.2) is 29.6 Å². The molecule has 2 rings (SSSR count). The van der Waals surface area contributed by atoms with Gasteiger partial charge in [0.1, 0.15) is 0 Å². The van der Waals surface area contributed by atoms with Crippen LogP contribution in [0.25, 0.3) is 0 Å². The molecule has 1 atom stereocenters. The summed E-state index contributed by atoms with van der Waals surface area (Å²) in [6.45, 7) is 2.94. The second-order valence-corrected chi connectivity index (χ2v) is 4.42. The highest BCUT2D eigenvalue weighted by Gasteiger charge is 2.15. The second kappa shape index (κ2) is 5.39. The van der Waals surface area contributed by atoms with Gasteiger partial charge >= 0.3 is 0 Å². The van der Waals surface area contributed by atoms with Crippen LogP contribution in [-0.2, 0) is 0 Å². The molecule has 16 heavy (non-hydrogen) atoms. The SMILES string of the molecule is CCNC(c1cccc(Cl)c1)c1csnn1. The topological polar surface area (TPSA) is 37.8 Å². The molecule has 1 aromatic heterocycles. The van der Waals surface area contributed by atoms with Gasteiger partial charge in [-0.2, -0.15) is 0 Å². The van der Waals surface area contributed by atoms with Crippen LogP contribution in [0.1, 0.15) is 24.2 Å². The van der Waals surface area contributed by atoms with Gasteiger partial charge in [0, 0.05) is 10.4 Å². The Bertz CT molecular complexity index is 444. The first-order chi connectivity index (χ1) is 7.81. The Labute approximate surface area is 104 Å². The molecule has 3 nitrogen and oxygen atoms in total. The molecular formula is C11H12ClN3S. The number of benzene rings is 1. The molecule has 0 radical (unpaired) electrons. The fourth-order valence-electron chi connectivity index (χ4n) is 1.58. The third-order valence-corrected chi connectivity index (χ3v) is 3.02. The van der Waals surface area contributed by atoms with E-state index >= 15 is 0 Å². The van der Waals surface area contributed by atoms with Gasteiger partial charge in [-0.05, 0) is 35.8 Å². The van der Waals surface area contributed by atoms with E-state index in [9.17, 15) is 0 Å². The first-order valence-electron chi connectivity index (χ1n) is 5.07. The number of halogens is 1. The summed E-state index contributed by atoms with van der Waals surface area (Å²) in [6.07, 6.45) is 0. The van der Waals surface area contributed by atoms with E-state index in [-0.39, 0.29) is 6.04 Å². The fraction of sp³-hybridized carbons (Fsp3) is 0.273. The summed E-state index contributed by atoms with van der Waals surface area (Å²) in [5, 5.41) is 10.2. The molecule has 1 heterocycles. The summed E-state index contributed by atoms with van der Waals surface area (Å²) in [4.78, 5) is 0. The van der Waals surface area contributed by atoms with Crippen LogP contribution >= 0.6 is 23.1 Å². The predicted molar refractivity (Wildman–Crippen MR) is 66.9 cm³/mol. The summed E-state index contributed by atoms with van der Waals surface area (Å²) < 4.78 is 3.89. The maximum absolute atomic E-state index is 5.99. The van der Waals surface area contributed by atoms with Gasteiger partial charge in [-0.25, -0.2) is 0 Å². The van der Waals surface area contributed by atoms with Crippen LogP contribution in [0.3, 0.4) is 0 Å². The monoisotopic (exact) mass is 253 g/mol. The van der Waals surface area contributed by atoms with Crippen molar-refractivity contribution < 1.29 is 0 Å². The predicted octanol–water partition coefficient (Wildman–Crippen LogP) is 2.89. The van der Waals surface area contributed by atoms with Crippen molar-refractivity contribution in [2.45, 2.75) is 13.0 Å². The smallest absolute Gasteiger partial charge is 0.0970 e. The lowest BCUT2D eigenvalue weighted by Gasteiger charge is -2.15. The quantitative estimate of drug-likeness (QED) is 0.911. The maximum Gasteiger partial charge on any atom is 0.0970 e. The van der Waals surface area contributed by atoms with Crippen molar-refractivity contribution in [3.05, 3.63) is 45.9 Å². The minimum absolute atomic E-state index is 0.0717. The highest BCUT2D eigenvalue weighted by Crippen LogP contribution is 2.23. The van der Waals surface area contributed by atoms with Crippen molar-refractivity contribution in [1.29, 1.82) is 0 Å². The molecule has 0 spiro atoms. The van der Waals surface area contributed by atoms with Crippen molar-refractivity contribution in [3.63, 3.8) is 0 Å². The van der Waals surface area contributed by atoms with Crippen molar-refractivity contribution in [2.75, 3.05) is 6.54 Å². The van der Waals surface area contributed by atoms with E-state index in [1.807, 2.05) is 29.6 Å². The van der Waals surface area contributed by atoms with E-state index in [1.165, 1.54) is 11.5 Å². The zero-order valence-corrected chi connectivity index (χ0v) is 10.4. The number of rotatable bonds is 4. The van der Waals surface area contributed by atoms with Crippen molar-refractivity contribution in [1.82, 2.24) is 14.9 Å². The largest absolute Gasteiger partial charge is 0.305 e. The summed E-state index contributed by atoms with van der Waals surface area (Å²) in [6, 6.07) is 7.88. The number of nitrogens with zero attached hydrogens (tertiary/aromatic N) is 2. The van der Waals surface area contributed by atoms with Crippen molar-refractivity contribution in [2.24, 2.45) is 0 Å². The van der Waals surface area contributed by atoms with E-state index in [0.717, 1.165) is 22.8 Å². The van der Waals surface area contributed by atoms with Crippen LogP contribution in [0.2, 0.25) is 5.02 Å². The Hall–Kier alpha value is -0.970. The second-order valence-electron chi connectivity index (χ2n) is 3.38. The van der Waals surface area contributed by atoms with Crippen LogP contribution in [0, 0.1) is 0 Å². The van der Waals surface area contributed by atoms with Crippen LogP contribution < -0.4 is 5.32 Å². The lowest BCUT2D eigenvalue weighted by Crippen LogP contribution is -2.22. The van der Waals surface area contributed by atoms with Gasteiger partial charge < -0.3 is 5.32 Å². The number of nitrogens with one attached hydrogen (secondary N) is 1. The average Bonchev–Trinajstić information content (AvgIpc) is 2.79. The first kappa shape index (κ1) is 11.5. The van der Waals surface area contributed by atoms with Crippen LogP contribution in [-0.4, -0.2) is 16.1 Å². The van der Waals surface area contributed by atoms with Crippen molar-refractivity contribution in [3.8, 4) is 0 Å². The molecule has 0 saturated carbocycles. The lowest BCUT2D eigenvalue weighted by molar-refractivity contribution is 0.614. The molecule has 84 valence electrons. The summed E-state index contributed by atoms with van der Waals surface area (Å²) in [5.74, 6) is 0. The molecule has 0 amide bonds. The summed E-state index contributed by atoms with van der Waals surface area (Å²) in [7, 11) is 0. The number of hydrogen-bond acceptors (Lipinski definition) is 4. The third-order valence-electron chi connectivity index (χ3n) is 2.26. The Morgan fingerprint density at radius 3 is 3.00 bits per heavy atom. The van der Waals surface area contributed by atoms with E-state index in [4.69, 9.17) is 11.6 Å². The molecule has 2 aromatic rings. The van der Waals surface area contributed by atoms with Gasteiger partial charge in [-0.3, -0.25) is 0 Å². The first-order valence-corrected chi connectivity index (χ1v) is 6.28. The molecule has 0 aliphatic heterocycles. The van der Waals surface area contributed by atoms with Gasteiger partial charge in [0.15, 0.2) is 0 Å². The van der Waals surface area contributed by atoms with Crippen LogP contribution in [0.5, 0.6) is 0 Å². The normalized spacial score (nSPS) is 12.6. The zero-order valence-electron chi connectivity index (χ0n) is 8.85. The molecule has 0 fully saturated rings. The molecular weight excluding hydrogens is 242 g/mol. The maximum atomic E-state index is 5.99. The van der Waals surface area contributed by atoms with Gasteiger partial charge in [0.25, 0.3) is 0 Å². The Kier molecular flexibility index (Phi) is 3.88. The van der Waals surface area contributed by atoms with E-state index in [1.54, 1.807) is 0 Å². The molecule has 0 bridgehead atoms. The summed E-state index contributed by atoms with van der Waals surface area (Å²) >= 11 is 7.35. The van der Waals surface area contributed by atoms with E-state index in [2.05, 4.69) is 21.8 Å². The molecule has 1 N–H and O–H groups in total. The zero-order chi connectivity index (χ0) is 11.4. The summed E-state index contributed by atoms with van der Waals surface area (Å²) in [5.41, 5.74) is 2.05. The highest BCUT2D eigenvalue weighted by molar-refractivity contribution is 7.03. The Balaban J connectivity index is 2.33. The minimum Gasteiger partial charge on any atom is -0.305 e. The number of hydrogen-bond donors (Lipinski definition) is 1. The van der Waals surface area contributed by atoms with Crippen LogP contribution in [0.4, 0.5) is 0 Å². The van der Waals surface area contributed by atoms with E-state index in [0.29, 0.717) is 0 Å². The highest BCUT2D eigenvalue weighted by atomic mass is 35.5. The molecule has 1 aromatic carbocycles. The molecule has 5 heteroatoms. The number of aromatic nitrogens is 2. The average molecular weight is 254 g/mol.